The highest BCUT2D eigenvalue weighted by Crippen LogP contribution is 2.35. The van der Waals surface area contributed by atoms with Crippen molar-refractivity contribution in [3.63, 3.8) is 0 Å². The van der Waals surface area contributed by atoms with Crippen LogP contribution in [0.1, 0.15) is 66.4 Å². The summed E-state index contributed by atoms with van der Waals surface area (Å²) in [6.45, 7) is 5.80. The first-order chi connectivity index (χ1) is 19.1. The summed E-state index contributed by atoms with van der Waals surface area (Å²) in [6, 6.07) is 17.8. The predicted molar refractivity (Wildman–Crippen MR) is 151 cm³/mol. The third-order valence-corrected chi connectivity index (χ3v) is 8.39. The van der Waals surface area contributed by atoms with Crippen molar-refractivity contribution >= 4 is 39.3 Å². The van der Waals surface area contributed by atoms with Gasteiger partial charge in [-0.3, -0.25) is 14.4 Å². The number of nitrogens with zero attached hydrogens (tertiary/aromatic N) is 5. The quantitative estimate of drug-likeness (QED) is 0.340. The zero-order valence-corrected chi connectivity index (χ0v) is 23.7. The molecule has 9 nitrogen and oxygen atoms in total. The van der Waals surface area contributed by atoms with Crippen molar-refractivity contribution in [1.82, 2.24) is 19.9 Å². The van der Waals surface area contributed by atoms with Gasteiger partial charge in [-0.05, 0) is 67.8 Å². The van der Waals surface area contributed by atoms with Gasteiger partial charge in [0.05, 0.1) is 42.1 Å². The normalized spacial score (nSPS) is 16.6. The van der Waals surface area contributed by atoms with Gasteiger partial charge in [-0.2, -0.15) is 0 Å². The predicted octanol–water partition coefficient (Wildman–Crippen LogP) is 4.41. The maximum atomic E-state index is 13.3. The van der Waals surface area contributed by atoms with Crippen molar-refractivity contribution in [1.29, 1.82) is 0 Å². The molecule has 0 spiro atoms. The molecule has 0 bridgehead atoms. The molecule has 202 valence electrons. The van der Waals surface area contributed by atoms with Crippen LogP contribution in [0, 0.1) is 13.8 Å². The smallest absolute Gasteiger partial charge is 0.266 e. The Kier molecular flexibility index (Phi) is 6.19. The minimum atomic E-state index is -1.33. The first-order valence-corrected chi connectivity index (χ1v) is 13.7. The molecular formula is C30H26BrN5O4. The molecule has 10 heteroatoms. The molecule has 2 aliphatic rings. The van der Waals surface area contributed by atoms with E-state index >= 15 is 0 Å². The molecule has 40 heavy (non-hydrogen) atoms. The van der Waals surface area contributed by atoms with Crippen molar-refractivity contribution in [2.24, 2.45) is 0 Å². The number of carbonyl (C=O) groups excluding carboxylic acids is 3. The Balaban J connectivity index is 1.18. The fourth-order valence-electron chi connectivity index (χ4n) is 5.26. The van der Waals surface area contributed by atoms with Gasteiger partial charge in [0.2, 0.25) is 0 Å². The zero-order valence-electron chi connectivity index (χ0n) is 22.1. The Morgan fingerprint density at radius 1 is 1.00 bits per heavy atom. The second kappa shape index (κ2) is 9.50. The van der Waals surface area contributed by atoms with E-state index in [0.717, 1.165) is 21.2 Å². The molecule has 1 atom stereocenters. The van der Waals surface area contributed by atoms with E-state index in [1.807, 2.05) is 57.2 Å². The number of aryl methyl sites for hydroxylation is 2. The topological polar surface area (TPSA) is 109 Å². The number of fused-ring (bicyclic) bond motifs is 1. The van der Waals surface area contributed by atoms with Gasteiger partial charge < -0.3 is 10.0 Å². The summed E-state index contributed by atoms with van der Waals surface area (Å²) in [5, 5.41) is 19.6. The molecule has 0 unspecified atom stereocenters. The maximum absolute atomic E-state index is 13.3. The van der Waals surface area contributed by atoms with Crippen molar-refractivity contribution in [2.75, 3.05) is 18.0 Å². The summed E-state index contributed by atoms with van der Waals surface area (Å²) < 4.78 is 2.63. The van der Waals surface area contributed by atoms with Crippen molar-refractivity contribution in [3.05, 3.63) is 110 Å². The van der Waals surface area contributed by atoms with Gasteiger partial charge in [-0.1, -0.05) is 51.5 Å². The Labute approximate surface area is 239 Å². The van der Waals surface area contributed by atoms with E-state index in [9.17, 15) is 19.5 Å². The number of likely N-dealkylation sites (tertiary alicyclic amines) is 1. The Morgan fingerprint density at radius 3 is 2.48 bits per heavy atom. The number of benzene rings is 3. The minimum absolute atomic E-state index is 0.0342. The van der Waals surface area contributed by atoms with Gasteiger partial charge in [-0.25, -0.2) is 9.58 Å². The molecule has 1 aromatic heterocycles. The van der Waals surface area contributed by atoms with Crippen LogP contribution in [0.4, 0.5) is 5.69 Å². The first-order valence-electron chi connectivity index (χ1n) is 12.9. The third kappa shape index (κ3) is 4.15. The van der Waals surface area contributed by atoms with Crippen LogP contribution in [0.15, 0.2) is 71.3 Å². The lowest BCUT2D eigenvalue weighted by Gasteiger charge is -2.45. The lowest BCUT2D eigenvalue weighted by Crippen LogP contribution is -2.61. The number of aromatic nitrogens is 3. The van der Waals surface area contributed by atoms with E-state index in [2.05, 4.69) is 26.2 Å². The highest BCUT2D eigenvalue weighted by atomic mass is 79.9. The van der Waals surface area contributed by atoms with Crippen LogP contribution < -0.4 is 4.90 Å². The molecule has 1 N–H and O–H groups in total. The molecule has 4 aromatic rings. The molecule has 3 aromatic carbocycles. The number of anilines is 1. The van der Waals surface area contributed by atoms with E-state index in [1.54, 1.807) is 23.0 Å². The Bertz CT molecular complexity index is 1710. The minimum Gasteiger partial charge on any atom is -0.380 e. The lowest BCUT2D eigenvalue weighted by molar-refractivity contribution is -0.0893. The monoisotopic (exact) mass is 599 g/mol. The highest BCUT2D eigenvalue weighted by Gasteiger charge is 2.48. The molecular weight excluding hydrogens is 574 g/mol. The number of carbonyl (C=O) groups is 3. The fourth-order valence-corrected chi connectivity index (χ4v) is 5.88. The lowest BCUT2D eigenvalue weighted by atomic mass is 9.90. The molecule has 0 aliphatic carbocycles. The first kappa shape index (κ1) is 26.1. The number of amides is 3. The van der Waals surface area contributed by atoms with Crippen LogP contribution in [-0.4, -0.2) is 55.8 Å². The standard InChI is InChI=1S/C30H26BrN5O4/c1-17-8-9-18(2)25(12-17)36-28(38)22-11-10-20(13-23(22)29(36)39)27(37)34-15-30(40,16-34)26-14-35(33-32-26)19(3)21-6-4-5-7-24(21)31/h4-14,19,40H,15-16H2,1-3H3/t19-/m1/s1. The van der Waals surface area contributed by atoms with Crippen LogP contribution in [0.2, 0.25) is 0 Å². The van der Waals surface area contributed by atoms with E-state index in [4.69, 9.17) is 0 Å². The van der Waals surface area contributed by atoms with E-state index in [1.165, 1.54) is 21.9 Å². The number of imide groups is 1. The number of β-amino-alcohol motifs (C(OH)–C–C–N with tert-alkyl or cyclic N) is 1. The average Bonchev–Trinajstić information content (AvgIpc) is 3.51. The van der Waals surface area contributed by atoms with Crippen LogP contribution in [-0.2, 0) is 5.60 Å². The van der Waals surface area contributed by atoms with Crippen molar-refractivity contribution in [2.45, 2.75) is 32.4 Å². The largest absolute Gasteiger partial charge is 0.380 e. The van der Waals surface area contributed by atoms with Crippen LogP contribution >= 0.6 is 15.9 Å². The van der Waals surface area contributed by atoms with Crippen LogP contribution in [0.25, 0.3) is 0 Å². The fraction of sp³-hybridized carbons (Fsp3) is 0.233. The van der Waals surface area contributed by atoms with Gasteiger partial charge in [0, 0.05) is 10.0 Å². The van der Waals surface area contributed by atoms with Gasteiger partial charge in [0.25, 0.3) is 17.7 Å². The second-order valence-electron chi connectivity index (χ2n) is 10.5. The van der Waals surface area contributed by atoms with Gasteiger partial charge in [0.1, 0.15) is 11.3 Å². The molecule has 2 aliphatic heterocycles. The number of hydrogen-bond donors (Lipinski definition) is 1. The summed E-state index contributed by atoms with van der Waals surface area (Å²) in [5.74, 6) is -1.21. The highest BCUT2D eigenvalue weighted by molar-refractivity contribution is 9.10. The molecule has 6 rings (SSSR count). The summed E-state index contributed by atoms with van der Waals surface area (Å²) in [7, 11) is 0. The van der Waals surface area contributed by atoms with Gasteiger partial charge >= 0.3 is 0 Å². The number of halogens is 1. The number of rotatable bonds is 5. The molecule has 3 heterocycles. The molecule has 0 saturated carbocycles. The van der Waals surface area contributed by atoms with Crippen LogP contribution in [0.3, 0.4) is 0 Å². The molecule has 0 radical (unpaired) electrons. The van der Waals surface area contributed by atoms with E-state index < -0.39 is 17.4 Å². The summed E-state index contributed by atoms with van der Waals surface area (Å²) in [5.41, 5.74) is 3.08. The molecule has 3 amide bonds. The SMILES string of the molecule is Cc1ccc(C)c(N2C(=O)c3ccc(C(=O)N4CC(O)(c5cn([C@H](C)c6ccccc6Br)nn5)C4)cc3C2=O)c1. The molecule has 1 fully saturated rings. The summed E-state index contributed by atoms with van der Waals surface area (Å²) >= 11 is 3.56. The van der Waals surface area contributed by atoms with Crippen molar-refractivity contribution in [3.8, 4) is 0 Å². The van der Waals surface area contributed by atoms with Crippen LogP contribution in [0.5, 0.6) is 0 Å². The van der Waals surface area contributed by atoms with E-state index in [0.29, 0.717) is 11.4 Å². The number of hydrogen-bond acceptors (Lipinski definition) is 6. The zero-order chi connectivity index (χ0) is 28.3. The van der Waals surface area contributed by atoms with Crippen molar-refractivity contribution < 1.29 is 19.5 Å². The van der Waals surface area contributed by atoms with E-state index in [-0.39, 0.29) is 41.7 Å². The third-order valence-electron chi connectivity index (χ3n) is 7.67. The second-order valence-corrected chi connectivity index (χ2v) is 11.3. The van der Waals surface area contributed by atoms with Gasteiger partial charge in [-0.15, -0.1) is 5.10 Å². The average molecular weight is 600 g/mol. The summed E-state index contributed by atoms with van der Waals surface area (Å²) in [4.78, 5) is 42.3. The molecule has 1 saturated heterocycles. The Morgan fingerprint density at radius 2 is 1.73 bits per heavy atom. The Hall–Kier alpha value is -4.15. The number of aliphatic hydroxyl groups is 1. The maximum Gasteiger partial charge on any atom is 0.266 e. The summed E-state index contributed by atoms with van der Waals surface area (Å²) in [6.07, 6.45) is 1.70. The van der Waals surface area contributed by atoms with Gasteiger partial charge in [0.15, 0.2) is 0 Å².